The van der Waals surface area contributed by atoms with Crippen LogP contribution in [0, 0.1) is 0 Å². The Balaban J connectivity index is 1.45. The molecule has 6 nitrogen and oxygen atoms in total. The van der Waals surface area contributed by atoms with Crippen LogP contribution in [0.4, 0.5) is 0 Å². The average Bonchev–Trinajstić information content (AvgIpc) is 3.20. The molecule has 0 spiro atoms. The Kier molecular flexibility index (Phi) is 4.70. The smallest absolute Gasteiger partial charge is 0.220 e. The predicted molar refractivity (Wildman–Crippen MR) is 102 cm³/mol. The number of carbonyl (C=O) groups excluding carboxylic acids is 1. The first kappa shape index (κ1) is 17.1. The van der Waals surface area contributed by atoms with E-state index in [0.29, 0.717) is 13.0 Å². The number of fused-ring (bicyclic) bond motifs is 2. The standard InChI is InChI=1S/C19H22ClN5O/c1-2-18(26)21-10-13-9-14-11-24(7-8-25(14)23-13)12-17-19(20)15-5-3-4-6-16(15)22-17/h3-6,9,22H,2,7-8,10-12H2,1H3,(H,21,26). The van der Waals surface area contributed by atoms with E-state index in [2.05, 4.69) is 26.4 Å². The Bertz CT molecular complexity index is 945. The van der Waals surface area contributed by atoms with Crippen molar-refractivity contribution in [2.75, 3.05) is 6.54 Å². The second kappa shape index (κ2) is 7.13. The van der Waals surface area contributed by atoms with Crippen LogP contribution in [0.2, 0.25) is 5.02 Å². The molecule has 0 saturated carbocycles. The summed E-state index contributed by atoms with van der Waals surface area (Å²) < 4.78 is 2.04. The molecule has 3 aromatic rings. The molecule has 26 heavy (non-hydrogen) atoms. The number of H-pyrrole nitrogens is 1. The van der Waals surface area contributed by atoms with Gasteiger partial charge in [-0.2, -0.15) is 5.10 Å². The first-order valence-corrected chi connectivity index (χ1v) is 9.31. The van der Waals surface area contributed by atoms with Crippen molar-refractivity contribution in [3.05, 3.63) is 52.4 Å². The van der Waals surface area contributed by atoms with E-state index < -0.39 is 0 Å². The van der Waals surface area contributed by atoms with Crippen molar-refractivity contribution in [3.63, 3.8) is 0 Å². The number of hydrogen-bond donors (Lipinski definition) is 2. The predicted octanol–water partition coefficient (Wildman–Crippen LogP) is 3.06. The Labute approximate surface area is 157 Å². The van der Waals surface area contributed by atoms with Gasteiger partial charge in [-0.05, 0) is 12.1 Å². The fourth-order valence-corrected chi connectivity index (χ4v) is 3.68. The number of nitrogens with one attached hydrogen (secondary N) is 2. The summed E-state index contributed by atoms with van der Waals surface area (Å²) in [5.41, 5.74) is 4.20. The van der Waals surface area contributed by atoms with Crippen molar-refractivity contribution < 1.29 is 4.79 Å². The number of halogens is 1. The third-order valence-corrected chi connectivity index (χ3v) is 5.24. The molecule has 136 valence electrons. The molecule has 0 atom stereocenters. The SMILES string of the molecule is CCC(=O)NCc1cc2n(n1)CCN(Cc1[nH]c3ccccc3c1Cl)C2. The van der Waals surface area contributed by atoms with E-state index >= 15 is 0 Å². The fourth-order valence-electron chi connectivity index (χ4n) is 3.41. The van der Waals surface area contributed by atoms with Gasteiger partial charge < -0.3 is 10.3 Å². The molecule has 2 aromatic heterocycles. The maximum atomic E-state index is 11.4. The average molecular weight is 372 g/mol. The third kappa shape index (κ3) is 3.34. The minimum atomic E-state index is 0.0473. The third-order valence-electron chi connectivity index (χ3n) is 4.81. The Morgan fingerprint density at radius 2 is 2.19 bits per heavy atom. The van der Waals surface area contributed by atoms with Gasteiger partial charge >= 0.3 is 0 Å². The van der Waals surface area contributed by atoms with Gasteiger partial charge in [-0.25, -0.2) is 0 Å². The summed E-state index contributed by atoms with van der Waals surface area (Å²) in [5, 5.41) is 9.35. The number of hydrogen-bond acceptors (Lipinski definition) is 3. The molecule has 0 bridgehead atoms. The highest BCUT2D eigenvalue weighted by atomic mass is 35.5. The van der Waals surface area contributed by atoms with Gasteiger partial charge in [-0.15, -0.1) is 0 Å². The number of carbonyl (C=O) groups is 1. The fraction of sp³-hybridized carbons (Fsp3) is 0.368. The van der Waals surface area contributed by atoms with E-state index in [1.165, 1.54) is 5.69 Å². The van der Waals surface area contributed by atoms with Crippen LogP contribution in [0.3, 0.4) is 0 Å². The van der Waals surface area contributed by atoms with Gasteiger partial charge in [0.15, 0.2) is 0 Å². The van der Waals surface area contributed by atoms with Crippen LogP contribution < -0.4 is 5.32 Å². The molecule has 2 N–H and O–H groups in total. The second-order valence-corrected chi connectivity index (χ2v) is 7.03. The highest BCUT2D eigenvalue weighted by Gasteiger charge is 2.20. The molecule has 7 heteroatoms. The van der Waals surface area contributed by atoms with E-state index in [-0.39, 0.29) is 5.91 Å². The minimum absolute atomic E-state index is 0.0473. The topological polar surface area (TPSA) is 66.0 Å². The molecule has 0 fully saturated rings. The zero-order chi connectivity index (χ0) is 18.1. The van der Waals surface area contributed by atoms with E-state index in [4.69, 9.17) is 11.6 Å². The molecule has 3 heterocycles. The lowest BCUT2D eigenvalue weighted by molar-refractivity contribution is -0.120. The normalized spacial score (nSPS) is 14.5. The molecule has 1 aliphatic rings. The number of amides is 1. The maximum Gasteiger partial charge on any atom is 0.220 e. The molecule has 0 saturated heterocycles. The Hall–Kier alpha value is -2.31. The molecule has 0 aliphatic carbocycles. The second-order valence-electron chi connectivity index (χ2n) is 6.65. The van der Waals surface area contributed by atoms with Gasteiger partial charge in [0.25, 0.3) is 0 Å². The van der Waals surface area contributed by atoms with Gasteiger partial charge in [0.1, 0.15) is 0 Å². The summed E-state index contributed by atoms with van der Waals surface area (Å²) in [4.78, 5) is 17.2. The van der Waals surface area contributed by atoms with Crippen molar-refractivity contribution in [2.45, 2.75) is 39.5 Å². The maximum absolute atomic E-state index is 11.4. The molecular weight excluding hydrogens is 350 g/mol. The number of nitrogens with zero attached hydrogens (tertiary/aromatic N) is 3. The highest BCUT2D eigenvalue weighted by Crippen LogP contribution is 2.28. The van der Waals surface area contributed by atoms with E-state index in [1.807, 2.05) is 35.9 Å². The Morgan fingerprint density at radius 3 is 3.00 bits per heavy atom. The molecular formula is C19H22ClN5O. The monoisotopic (exact) mass is 371 g/mol. The summed E-state index contributed by atoms with van der Waals surface area (Å²) in [5.74, 6) is 0.0473. The van der Waals surface area contributed by atoms with Crippen molar-refractivity contribution >= 4 is 28.4 Å². The van der Waals surface area contributed by atoms with Crippen molar-refractivity contribution in [1.29, 1.82) is 0 Å². The van der Waals surface area contributed by atoms with E-state index in [9.17, 15) is 4.79 Å². The van der Waals surface area contributed by atoms with Crippen LogP contribution in [0.5, 0.6) is 0 Å². The molecule has 1 aromatic carbocycles. The lowest BCUT2D eigenvalue weighted by Crippen LogP contribution is -2.33. The lowest BCUT2D eigenvalue weighted by Gasteiger charge is -2.27. The van der Waals surface area contributed by atoms with Crippen LogP contribution in [-0.2, 0) is 31.0 Å². The number of para-hydroxylation sites is 1. The molecule has 0 unspecified atom stereocenters. The largest absolute Gasteiger partial charge is 0.356 e. The molecule has 1 amide bonds. The first-order chi connectivity index (χ1) is 12.6. The first-order valence-electron chi connectivity index (χ1n) is 8.93. The molecule has 1 aliphatic heterocycles. The highest BCUT2D eigenvalue weighted by molar-refractivity contribution is 6.36. The Morgan fingerprint density at radius 1 is 1.35 bits per heavy atom. The molecule has 4 rings (SSSR count). The van der Waals surface area contributed by atoms with Crippen molar-refractivity contribution in [1.82, 2.24) is 25.0 Å². The lowest BCUT2D eigenvalue weighted by atomic mass is 10.2. The summed E-state index contributed by atoms with van der Waals surface area (Å²) in [7, 11) is 0. The van der Waals surface area contributed by atoms with E-state index in [0.717, 1.165) is 53.5 Å². The van der Waals surface area contributed by atoms with Gasteiger partial charge in [-0.1, -0.05) is 36.7 Å². The number of benzene rings is 1. The summed E-state index contributed by atoms with van der Waals surface area (Å²) in [6.45, 7) is 5.69. The number of aromatic amines is 1. The number of rotatable bonds is 5. The van der Waals surface area contributed by atoms with E-state index in [1.54, 1.807) is 0 Å². The minimum Gasteiger partial charge on any atom is -0.356 e. The quantitative estimate of drug-likeness (QED) is 0.724. The van der Waals surface area contributed by atoms with Crippen LogP contribution >= 0.6 is 11.6 Å². The van der Waals surface area contributed by atoms with Crippen LogP contribution in [0.15, 0.2) is 30.3 Å². The van der Waals surface area contributed by atoms with Gasteiger partial charge in [-0.3, -0.25) is 14.4 Å². The summed E-state index contributed by atoms with van der Waals surface area (Å²) in [6, 6.07) is 10.2. The van der Waals surface area contributed by atoms with Gasteiger partial charge in [0.2, 0.25) is 5.91 Å². The zero-order valence-electron chi connectivity index (χ0n) is 14.8. The summed E-state index contributed by atoms with van der Waals surface area (Å²) >= 11 is 6.55. The van der Waals surface area contributed by atoms with Crippen molar-refractivity contribution in [2.24, 2.45) is 0 Å². The molecule has 0 radical (unpaired) electrons. The summed E-state index contributed by atoms with van der Waals surface area (Å²) in [6.07, 6.45) is 0.493. The zero-order valence-corrected chi connectivity index (χ0v) is 15.5. The van der Waals surface area contributed by atoms with Crippen LogP contribution in [0.1, 0.15) is 30.4 Å². The van der Waals surface area contributed by atoms with Crippen LogP contribution in [0.25, 0.3) is 10.9 Å². The number of aromatic nitrogens is 3. The van der Waals surface area contributed by atoms with Gasteiger partial charge in [0.05, 0.1) is 29.5 Å². The van der Waals surface area contributed by atoms with Crippen molar-refractivity contribution in [3.8, 4) is 0 Å². The van der Waals surface area contributed by atoms with Gasteiger partial charge in [0, 0.05) is 42.7 Å². The van der Waals surface area contributed by atoms with Crippen LogP contribution in [-0.4, -0.2) is 32.1 Å².